The molecule has 2 aliphatic rings. The average Bonchev–Trinajstić information content (AvgIpc) is 3.30. The summed E-state index contributed by atoms with van der Waals surface area (Å²) in [7, 11) is 0. The molecule has 1 fully saturated rings. The van der Waals surface area contributed by atoms with Crippen LogP contribution in [0.5, 0.6) is 0 Å². The molecule has 0 atom stereocenters. The van der Waals surface area contributed by atoms with E-state index in [0.29, 0.717) is 38.8 Å². The van der Waals surface area contributed by atoms with E-state index in [4.69, 9.17) is 0 Å². The zero-order valence-corrected chi connectivity index (χ0v) is 20.4. The summed E-state index contributed by atoms with van der Waals surface area (Å²) in [6.07, 6.45) is 3.54. The largest absolute Gasteiger partial charge is 0.767 e. The molecule has 0 aliphatic carbocycles. The minimum Gasteiger partial charge on any atom is -0.767 e. The van der Waals surface area contributed by atoms with E-state index in [2.05, 4.69) is 26.0 Å². The van der Waals surface area contributed by atoms with Crippen LogP contribution < -0.4 is 16.1 Å². The number of hydrazine groups is 1. The highest BCUT2D eigenvalue weighted by Crippen LogP contribution is 2.28. The number of anilines is 1. The van der Waals surface area contributed by atoms with Gasteiger partial charge in [-0.05, 0) is 53.4 Å². The lowest BCUT2D eigenvalue weighted by molar-refractivity contribution is 0.103. The molecule has 0 unspecified atom stereocenters. The number of aliphatic imine (C=N–C) groups is 1. The number of thiophene rings is 1. The van der Waals surface area contributed by atoms with Crippen molar-refractivity contribution in [3.63, 3.8) is 0 Å². The first-order valence-corrected chi connectivity index (χ1v) is 12.6. The van der Waals surface area contributed by atoms with Crippen LogP contribution in [0, 0.1) is 11.0 Å². The number of carbonyl (C=O) groups is 1. The molecule has 6 rings (SSSR count). The van der Waals surface area contributed by atoms with Crippen molar-refractivity contribution in [1.29, 1.82) is 0 Å². The maximum absolute atomic E-state index is 14.6. The smallest absolute Gasteiger partial charge is 0.265 e. The highest BCUT2D eigenvalue weighted by atomic mass is 32.1. The fourth-order valence-corrected chi connectivity index (χ4v) is 5.18. The Morgan fingerprint density at radius 3 is 2.78 bits per heavy atom. The Kier molecular flexibility index (Phi) is 6.23. The van der Waals surface area contributed by atoms with Crippen molar-refractivity contribution in [2.24, 2.45) is 4.99 Å². The van der Waals surface area contributed by atoms with Crippen molar-refractivity contribution < 1.29 is 9.18 Å². The number of hydroxylamine groups is 1. The third kappa shape index (κ3) is 5.00. The van der Waals surface area contributed by atoms with Gasteiger partial charge >= 0.3 is 0 Å². The lowest BCUT2D eigenvalue weighted by Gasteiger charge is -2.34. The number of hydrogen-bond donors (Lipinski definition) is 3. The second-order valence-electron chi connectivity index (χ2n) is 8.91. The molecule has 4 heterocycles. The van der Waals surface area contributed by atoms with Crippen LogP contribution in [0.2, 0.25) is 0 Å². The summed E-state index contributed by atoms with van der Waals surface area (Å²) in [6.45, 7) is 1.92. The number of halogens is 1. The van der Waals surface area contributed by atoms with Crippen LogP contribution in [0.4, 0.5) is 15.9 Å². The van der Waals surface area contributed by atoms with Crippen molar-refractivity contribution in [2.75, 3.05) is 25.0 Å². The van der Waals surface area contributed by atoms with E-state index in [0.717, 1.165) is 28.7 Å². The first-order chi connectivity index (χ1) is 18.0. The second-order valence-corrected chi connectivity index (χ2v) is 10.00. The molecule has 8 nitrogen and oxygen atoms in total. The number of pyridine rings is 1. The number of nitrogens with zero attached hydrogens (tertiary/aromatic N) is 3. The third-order valence-electron chi connectivity index (χ3n) is 6.32. The number of fused-ring (bicyclic) bond motifs is 1. The first kappa shape index (κ1) is 23.4. The predicted octanol–water partition coefficient (Wildman–Crippen LogP) is 4.81. The Hall–Kier alpha value is -3.96. The topological polar surface area (TPSA) is 105 Å². The normalized spacial score (nSPS) is 17.4. The molecule has 0 bridgehead atoms. The summed E-state index contributed by atoms with van der Waals surface area (Å²) in [6, 6.07) is 17.6. The maximum Gasteiger partial charge on any atom is 0.265 e. The van der Waals surface area contributed by atoms with E-state index >= 15 is 0 Å². The maximum atomic E-state index is 14.6. The molecule has 4 aromatic rings. The molecule has 37 heavy (non-hydrogen) atoms. The van der Waals surface area contributed by atoms with Gasteiger partial charge in [-0.25, -0.2) is 14.4 Å². The lowest BCUT2D eigenvalue weighted by atomic mass is 9.95. The molecule has 1 amide bonds. The summed E-state index contributed by atoms with van der Waals surface area (Å²) in [5, 5.41) is 19.9. The zero-order valence-electron chi connectivity index (χ0n) is 19.6. The van der Waals surface area contributed by atoms with E-state index in [-0.39, 0.29) is 12.2 Å². The quantitative estimate of drug-likeness (QED) is 0.354. The minimum absolute atomic E-state index is 0.0203. The van der Waals surface area contributed by atoms with Gasteiger partial charge in [0.2, 0.25) is 0 Å². The van der Waals surface area contributed by atoms with Gasteiger partial charge in [0, 0.05) is 42.0 Å². The van der Waals surface area contributed by atoms with E-state index in [1.807, 2.05) is 42.6 Å². The van der Waals surface area contributed by atoms with Gasteiger partial charge in [-0.2, -0.15) is 0 Å². The number of rotatable bonds is 5. The summed E-state index contributed by atoms with van der Waals surface area (Å²) < 4.78 is 15.6. The Labute approximate surface area is 216 Å². The molecule has 2 aromatic heterocycles. The molecular formula is C27H22FN6O2S-. The van der Waals surface area contributed by atoms with Crippen molar-refractivity contribution in [1.82, 2.24) is 20.9 Å². The Bertz CT molecular complexity index is 1510. The van der Waals surface area contributed by atoms with Crippen LogP contribution in [0.15, 0.2) is 77.9 Å². The van der Waals surface area contributed by atoms with Crippen LogP contribution >= 0.6 is 11.3 Å². The fraction of sp³-hybridized carbons (Fsp3) is 0.148. The summed E-state index contributed by atoms with van der Waals surface area (Å²) in [4.78, 5) is 22.3. The van der Waals surface area contributed by atoms with Gasteiger partial charge in [-0.3, -0.25) is 9.97 Å². The van der Waals surface area contributed by atoms with Crippen molar-refractivity contribution in [2.45, 2.75) is 5.92 Å². The highest BCUT2D eigenvalue weighted by Gasteiger charge is 2.19. The third-order valence-corrected chi connectivity index (χ3v) is 7.43. The first-order valence-electron chi connectivity index (χ1n) is 11.8. The Morgan fingerprint density at radius 1 is 1.16 bits per heavy atom. The number of nitrogens with one attached hydrogen (secondary N) is 3. The predicted molar refractivity (Wildman–Crippen MR) is 144 cm³/mol. The summed E-state index contributed by atoms with van der Waals surface area (Å²) >= 11 is 1.34. The zero-order chi connectivity index (χ0) is 25.4. The molecule has 0 radical (unpaired) electrons. The molecule has 2 aromatic carbocycles. The van der Waals surface area contributed by atoms with Crippen LogP contribution in [0.25, 0.3) is 15.8 Å². The molecule has 3 N–H and O–H groups in total. The standard InChI is InChI=1S/C27H22FN6O2S/c28-21-7-5-16(9-23(21)32-27(35)25-10-17-3-1-2-4-24(17)37-25)22-11-20(15-34(36)33-22)31-26-8-6-18(14-30-26)19-12-29-13-19/h1-11,14,19,29,33H,12-13,15H2,(H,32,35)/q-1. The van der Waals surface area contributed by atoms with Crippen molar-refractivity contribution in [3.05, 3.63) is 100.0 Å². The Balaban J connectivity index is 1.24. The minimum atomic E-state index is -0.576. The van der Waals surface area contributed by atoms with Gasteiger partial charge < -0.3 is 21.3 Å². The molecule has 0 saturated carbocycles. The summed E-state index contributed by atoms with van der Waals surface area (Å²) in [5.74, 6) is 0.00672. The number of amides is 1. The molecule has 10 heteroatoms. The van der Waals surface area contributed by atoms with Gasteiger partial charge in [-0.1, -0.05) is 24.3 Å². The molecule has 0 spiro atoms. The average molecular weight is 514 g/mol. The van der Waals surface area contributed by atoms with Gasteiger partial charge in [-0.15, -0.1) is 11.3 Å². The molecule has 1 saturated heterocycles. The number of benzene rings is 2. The fourth-order valence-electron chi connectivity index (χ4n) is 4.22. The van der Waals surface area contributed by atoms with Gasteiger partial charge in [0.15, 0.2) is 5.82 Å². The lowest BCUT2D eigenvalue weighted by Crippen LogP contribution is -2.39. The van der Waals surface area contributed by atoms with Gasteiger partial charge in [0.05, 0.1) is 22.0 Å². The van der Waals surface area contributed by atoms with Crippen LogP contribution in [-0.2, 0) is 0 Å². The van der Waals surface area contributed by atoms with Crippen molar-refractivity contribution >= 4 is 50.2 Å². The van der Waals surface area contributed by atoms with Gasteiger partial charge in [0.25, 0.3) is 5.91 Å². The monoisotopic (exact) mass is 513 g/mol. The van der Waals surface area contributed by atoms with E-state index in [1.165, 1.54) is 23.5 Å². The van der Waals surface area contributed by atoms with Crippen LogP contribution in [0.3, 0.4) is 0 Å². The Morgan fingerprint density at radius 2 is 2.03 bits per heavy atom. The number of hydrogen-bond acceptors (Lipinski definition) is 8. The SMILES string of the molecule is O=C(Nc1cc(C2=CC(=Nc3ccc(C4CNC4)cn3)CN([O-])N2)ccc1F)c1cc2ccccc2s1. The van der Waals surface area contributed by atoms with E-state index in [1.54, 1.807) is 18.2 Å². The molecule has 186 valence electrons. The molecular weight excluding hydrogens is 491 g/mol. The van der Waals surface area contributed by atoms with E-state index < -0.39 is 11.7 Å². The van der Waals surface area contributed by atoms with E-state index in [9.17, 15) is 14.4 Å². The number of aromatic nitrogens is 1. The van der Waals surface area contributed by atoms with Crippen molar-refractivity contribution in [3.8, 4) is 0 Å². The van der Waals surface area contributed by atoms with Crippen LogP contribution in [0.1, 0.15) is 26.7 Å². The molecule has 2 aliphatic heterocycles. The highest BCUT2D eigenvalue weighted by molar-refractivity contribution is 7.20. The van der Waals surface area contributed by atoms with Gasteiger partial charge in [0.1, 0.15) is 5.82 Å². The number of carbonyl (C=O) groups excluding carboxylic acids is 1. The second kappa shape index (κ2) is 9.83. The van der Waals surface area contributed by atoms with Crippen LogP contribution in [-0.4, -0.2) is 41.4 Å². The summed E-state index contributed by atoms with van der Waals surface area (Å²) in [5.41, 5.74) is 5.39.